The van der Waals surface area contributed by atoms with Gasteiger partial charge in [-0.2, -0.15) is 0 Å². The molecule has 0 radical (unpaired) electrons. The Morgan fingerprint density at radius 3 is 2.46 bits per heavy atom. The number of benzene rings is 1. The number of rotatable bonds is 4. The van der Waals surface area contributed by atoms with E-state index in [0.717, 1.165) is 24.8 Å². The Morgan fingerprint density at radius 1 is 1.31 bits per heavy atom. The highest BCUT2D eigenvalue weighted by Gasteiger charge is 2.05. The van der Waals surface area contributed by atoms with Gasteiger partial charge in [-0.1, -0.05) is 43.5 Å². The molecule has 0 bridgehead atoms. The zero-order valence-corrected chi connectivity index (χ0v) is 8.59. The molecule has 0 saturated heterocycles. The molecule has 1 atom stereocenters. The van der Waals surface area contributed by atoms with E-state index in [1.54, 1.807) is 0 Å². The van der Waals surface area contributed by atoms with Crippen LogP contribution >= 0.6 is 11.6 Å². The fourth-order valence-electron chi connectivity index (χ4n) is 1.25. The number of hydrogen-bond donors (Lipinski definition) is 1. The van der Waals surface area contributed by atoms with Crippen LogP contribution in [0.25, 0.3) is 0 Å². The lowest BCUT2D eigenvalue weighted by molar-refractivity contribution is 0.164. The smallest absolute Gasteiger partial charge is 0.0790 e. The summed E-state index contributed by atoms with van der Waals surface area (Å²) in [5.74, 6) is 0. The van der Waals surface area contributed by atoms with Crippen molar-refractivity contribution >= 4 is 11.6 Å². The standard InChI is InChI=1S/C11H15ClO/c1-2-3-4-11(13)9-5-7-10(12)8-6-9/h5-8,11,13H,2-4H2,1H3/t11-/m0/s1. The molecule has 0 spiro atoms. The van der Waals surface area contributed by atoms with E-state index in [9.17, 15) is 5.11 Å². The third-order valence-electron chi connectivity index (χ3n) is 2.09. The molecule has 13 heavy (non-hydrogen) atoms. The van der Waals surface area contributed by atoms with Crippen LogP contribution in [-0.2, 0) is 0 Å². The lowest BCUT2D eigenvalue weighted by Gasteiger charge is -2.09. The van der Waals surface area contributed by atoms with Gasteiger partial charge < -0.3 is 5.11 Å². The molecule has 0 saturated carbocycles. The maximum absolute atomic E-state index is 9.70. The first-order chi connectivity index (χ1) is 6.24. The topological polar surface area (TPSA) is 20.2 Å². The summed E-state index contributed by atoms with van der Waals surface area (Å²) in [6.07, 6.45) is 2.67. The van der Waals surface area contributed by atoms with Gasteiger partial charge in [0.25, 0.3) is 0 Å². The van der Waals surface area contributed by atoms with Crippen LogP contribution in [0.2, 0.25) is 5.02 Å². The van der Waals surface area contributed by atoms with E-state index in [1.807, 2.05) is 24.3 Å². The van der Waals surface area contributed by atoms with Gasteiger partial charge in [0, 0.05) is 5.02 Å². The summed E-state index contributed by atoms with van der Waals surface area (Å²) in [5, 5.41) is 10.4. The SMILES string of the molecule is CCCC[C@H](O)c1ccc(Cl)cc1. The molecule has 0 aliphatic carbocycles. The molecule has 0 unspecified atom stereocenters. The van der Waals surface area contributed by atoms with Crippen LogP contribution in [0.5, 0.6) is 0 Å². The van der Waals surface area contributed by atoms with Crippen molar-refractivity contribution in [3.8, 4) is 0 Å². The molecule has 1 nitrogen and oxygen atoms in total. The number of aliphatic hydroxyl groups is 1. The zero-order chi connectivity index (χ0) is 9.68. The average Bonchev–Trinajstić information content (AvgIpc) is 2.15. The van der Waals surface area contributed by atoms with E-state index >= 15 is 0 Å². The Balaban J connectivity index is 2.55. The molecule has 0 aliphatic heterocycles. The maximum Gasteiger partial charge on any atom is 0.0790 e. The number of unbranched alkanes of at least 4 members (excludes halogenated alkanes) is 1. The second kappa shape index (κ2) is 5.25. The van der Waals surface area contributed by atoms with E-state index < -0.39 is 0 Å². The highest BCUT2D eigenvalue weighted by atomic mass is 35.5. The van der Waals surface area contributed by atoms with Gasteiger partial charge in [0.2, 0.25) is 0 Å². The summed E-state index contributed by atoms with van der Waals surface area (Å²) < 4.78 is 0. The quantitative estimate of drug-likeness (QED) is 0.785. The van der Waals surface area contributed by atoms with Crippen molar-refractivity contribution in [2.75, 3.05) is 0 Å². The highest BCUT2D eigenvalue weighted by molar-refractivity contribution is 6.30. The minimum atomic E-state index is -0.336. The Kier molecular flexibility index (Phi) is 4.26. The largest absolute Gasteiger partial charge is 0.388 e. The molecular weight excluding hydrogens is 184 g/mol. The molecule has 1 rings (SSSR count). The Hall–Kier alpha value is -0.530. The molecule has 1 N–H and O–H groups in total. The average molecular weight is 199 g/mol. The Labute approximate surface area is 84.4 Å². The number of halogens is 1. The van der Waals surface area contributed by atoms with Crippen LogP contribution in [0, 0.1) is 0 Å². The lowest BCUT2D eigenvalue weighted by Crippen LogP contribution is -1.96. The van der Waals surface area contributed by atoms with Gasteiger partial charge in [0.1, 0.15) is 0 Å². The summed E-state index contributed by atoms with van der Waals surface area (Å²) in [4.78, 5) is 0. The summed E-state index contributed by atoms with van der Waals surface area (Å²) in [7, 11) is 0. The van der Waals surface area contributed by atoms with Gasteiger partial charge >= 0.3 is 0 Å². The number of hydrogen-bond acceptors (Lipinski definition) is 1. The molecule has 2 heteroatoms. The predicted molar refractivity (Wildman–Crippen MR) is 55.9 cm³/mol. The third kappa shape index (κ3) is 3.37. The van der Waals surface area contributed by atoms with Crippen molar-refractivity contribution in [1.82, 2.24) is 0 Å². The van der Waals surface area contributed by atoms with Crippen LogP contribution in [0.4, 0.5) is 0 Å². The lowest BCUT2D eigenvalue weighted by atomic mass is 10.0. The summed E-state index contributed by atoms with van der Waals surface area (Å²) in [5.41, 5.74) is 0.956. The van der Waals surface area contributed by atoms with Crippen LogP contribution in [-0.4, -0.2) is 5.11 Å². The van der Waals surface area contributed by atoms with Crippen LogP contribution in [0.15, 0.2) is 24.3 Å². The van der Waals surface area contributed by atoms with Gasteiger partial charge in [-0.25, -0.2) is 0 Å². The zero-order valence-electron chi connectivity index (χ0n) is 7.83. The van der Waals surface area contributed by atoms with Gasteiger partial charge in [0.05, 0.1) is 6.10 Å². The van der Waals surface area contributed by atoms with Crippen LogP contribution in [0.1, 0.15) is 37.9 Å². The van der Waals surface area contributed by atoms with E-state index in [1.165, 1.54) is 0 Å². The van der Waals surface area contributed by atoms with Crippen molar-refractivity contribution < 1.29 is 5.11 Å². The predicted octanol–water partition coefficient (Wildman–Crippen LogP) is 3.56. The normalized spacial score (nSPS) is 12.8. The first-order valence-corrected chi connectivity index (χ1v) is 5.05. The first kappa shape index (κ1) is 10.6. The van der Waals surface area contributed by atoms with Gasteiger partial charge in [0.15, 0.2) is 0 Å². The molecule has 72 valence electrons. The van der Waals surface area contributed by atoms with Gasteiger partial charge in [-0.05, 0) is 24.1 Å². The van der Waals surface area contributed by atoms with E-state index in [2.05, 4.69) is 6.92 Å². The monoisotopic (exact) mass is 198 g/mol. The summed E-state index contributed by atoms with van der Waals surface area (Å²) >= 11 is 5.74. The molecular formula is C11H15ClO. The molecule has 1 aromatic carbocycles. The van der Waals surface area contributed by atoms with Crippen molar-refractivity contribution in [3.05, 3.63) is 34.9 Å². The molecule has 0 fully saturated rings. The summed E-state index contributed by atoms with van der Waals surface area (Å²) in [6.45, 7) is 2.12. The Morgan fingerprint density at radius 2 is 1.92 bits per heavy atom. The first-order valence-electron chi connectivity index (χ1n) is 4.67. The number of aliphatic hydroxyl groups excluding tert-OH is 1. The van der Waals surface area contributed by atoms with Crippen LogP contribution in [0.3, 0.4) is 0 Å². The second-order valence-electron chi connectivity index (χ2n) is 3.21. The van der Waals surface area contributed by atoms with Crippen molar-refractivity contribution in [3.63, 3.8) is 0 Å². The molecule has 0 heterocycles. The van der Waals surface area contributed by atoms with Crippen molar-refractivity contribution in [2.24, 2.45) is 0 Å². The van der Waals surface area contributed by atoms with E-state index in [0.29, 0.717) is 5.02 Å². The minimum Gasteiger partial charge on any atom is -0.388 e. The Bertz CT molecular complexity index is 243. The van der Waals surface area contributed by atoms with Gasteiger partial charge in [-0.15, -0.1) is 0 Å². The second-order valence-corrected chi connectivity index (χ2v) is 3.65. The maximum atomic E-state index is 9.70. The van der Waals surface area contributed by atoms with Gasteiger partial charge in [-0.3, -0.25) is 0 Å². The van der Waals surface area contributed by atoms with Crippen molar-refractivity contribution in [2.45, 2.75) is 32.3 Å². The highest BCUT2D eigenvalue weighted by Crippen LogP contribution is 2.20. The third-order valence-corrected chi connectivity index (χ3v) is 2.34. The molecule has 0 amide bonds. The van der Waals surface area contributed by atoms with E-state index in [-0.39, 0.29) is 6.10 Å². The van der Waals surface area contributed by atoms with Crippen LogP contribution < -0.4 is 0 Å². The summed E-state index contributed by atoms with van der Waals surface area (Å²) in [6, 6.07) is 7.38. The minimum absolute atomic E-state index is 0.336. The van der Waals surface area contributed by atoms with Crippen molar-refractivity contribution in [1.29, 1.82) is 0 Å². The van der Waals surface area contributed by atoms with E-state index in [4.69, 9.17) is 11.6 Å². The fraction of sp³-hybridized carbons (Fsp3) is 0.455. The fourth-order valence-corrected chi connectivity index (χ4v) is 1.38. The molecule has 1 aromatic rings. The molecule has 0 aliphatic rings. The molecule has 0 aromatic heterocycles.